The smallest absolute Gasteiger partial charge is 0.169 e. The molecular weight excluding hydrogens is 251 g/mol. The molecule has 0 aromatic carbocycles. The quantitative estimate of drug-likeness (QED) is 0.715. The zero-order chi connectivity index (χ0) is 8.27. The highest BCUT2D eigenvalue weighted by Gasteiger charge is 2.19. The zero-order valence-electron chi connectivity index (χ0n) is 6.82. The number of allylic oxidation sites excluding steroid dienone is 2. The van der Waals surface area contributed by atoms with Gasteiger partial charge in [-0.15, -0.1) is 0 Å². The third-order valence-electron chi connectivity index (χ3n) is 2.04. The number of hydrogen-bond acceptors (Lipinski definition) is 1. The van der Waals surface area contributed by atoms with Crippen LogP contribution in [0.2, 0.25) is 0 Å². The fraction of sp³-hybridized carbons (Fsp3) is 0.667. The molecule has 0 spiro atoms. The molecule has 0 aromatic rings. The molecule has 0 N–H and O–H groups in total. The second-order valence-corrected chi connectivity index (χ2v) is 4.02. The van der Waals surface area contributed by atoms with Crippen LogP contribution in [-0.4, -0.2) is 5.78 Å². The molecule has 0 heterocycles. The molecule has 62 valence electrons. The Labute approximate surface area is 81.4 Å². The molecule has 1 aliphatic rings. The summed E-state index contributed by atoms with van der Waals surface area (Å²) in [6, 6.07) is 0. The largest absolute Gasteiger partial charge is 0.294 e. The monoisotopic (exact) mass is 264 g/mol. The van der Waals surface area contributed by atoms with Gasteiger partial charge < -0.3 is 0 Å². The van der Waals surface area contributed by atoms with Gasteiger partial charge in [-0.3, -0.25) is 4.79 Å². The van der Waals surface area contributed by atoms with Crippen LogP contribution in [0.5, 0.6) is 0 Å². The van der Waals surface area contributed by atoms with Gasteiger partial charge in [0.15, 0.2) is 5.78 Å². The van der Waals surface area contributed by atoms with Crippen molar-refractivity contribution in [2.24, 2.45) is 0 Å². The van der Waals surface area contributed by atoms with Crippen molar-refractivity contribution in [3.8, 4) is 0 Å². The van der Waals surface area contributed by atoms with Crippen LogP contribution in [0.3, 0.4) is 0 Å². The Morgan fingerprint density at radius 3 is 2.64 bits per heavy atom. The van der Waals surface area contributed by atoms with Crippen LogP contribution in [-0.2, 0) is 4.79 Å². The van der Waals surface area contributed by atoms with Gasteiger partial charge in [0, 0.05) is 6.42 Å². The van der Waals surface area contributed by atoms with Gasteiger partial charge in [0.2, 0.25) is 0 Å². The highest BCUT2D eigenvalue weighted by Crippen LogP contribution is 2.30. The molecule has 0 fully saturated rings. The minimum Gasteiger partial charge on any atom is -0.294 e. The van der Waals surface area contributed by atoms with E-state index >= 15 is 0 Å². The summed E-state index contributed by atoms with van der Waals surface area (Å²) in [5.41, 5.74) is 1.40. The van der Waals surface area contributed by atoms with Gasteiger partial charge in [0.05, 0.1) is 3.58 Å². The van der Waals surface area contributed by atoms with E-state index in [-0.39, 0.29) is 0 Å². The standard InChI is InChI=1S/C9H13IO/c1-2-3-4-7-5-6-8(11)9(7)10/h2-6H2,1H3. The molecule has 0 aromatic heterocycles. The number of halogens is 1. The number of rotatable bonds is 3. The van der Waals surface area contributed by atoms with Crippen molar-refractivity contribution in [1.82, 2.24) is 0 Å². The number of ketones is 1. The molecule has 0 amide bonds. The number of carbonyl (C=O) groups excluding carboxylic acids is 1. The van der Waals surface area contributed by atoms with Gasteiger partial charge in [-0.1, -0.05) is 18.9 Å². The van der Waals surface area contributed by atoms with E-state index in [0.717, 1.165) is 22.8 Å². The molecular formula is C9H13IO. The van der Waals surface area contributed by atoms with Crippen molar-refractivity contribution in [3.05, 3.63) is 9.15 Å². The molecule has 1 aliphatic carbocycles. The first-order valence-corrected chi connectivity index (χ1v) is 5.24. The van der Waals surface area contributed by atoms with E-state index < -0.39 is 0 Å². The van der Waals surface area contributed by atoms with Crippen LogP contribution in [0.4, 0.5) is 0 Å². The lowest BCUT2D eigenvalue weighted by Crippen LogP contribution is -1.87. The second kappa shape index (κ2) is 4.24. The summed E-state index contributed by atoms with van der Waals surface area (Å²) in [5, 5.41) is 0. The molecule has 0 radical (unpaired) electrons. The summed E-state index contributed by atoms with van der Waals surface area (Å²) in [5.74, 6) is 0.358. The zero-order valence-corrected chi connectivity index (χ0v) is 8.98. The molecule has 0 saturated heterocycles. The van der Waals surface area contributed by atoms with Crippen molar-refractivity contribution in [2.75, 3.05) is 0 Å². The van der Waals surface area contributed by atoms with Crippen LogP contribution in [0.15, 0.2) is 9.15 Å². The topological polar surface area (TPSA) is 17.1 Å². The maximum atomic E-state index is 11.1. The summed E-state index contributed by atoms with van der Waals surface area (Å²) in [7, 11) is 0. The van der Waals surface area contributed by atoms with Crippen molar-refractivity contribution in [1.29, 1.82) is 0 Å². The third-order valence-corrected chi connectivity index (χ3v) is 3.41. The van der Waals surface area contributed by atoms with Crippen molar-refractivity contribution in [2.45, 2.75) is 39.0 Å². The van der Waals surface area contributed by atoms with E-state index in [1.165, 1.54) is 18.4 Å². The van der Waals surface area contributed by atoms with Crippen LogP contribution >= 0.6 is 22.6 Å². The maximum absolute atomic E-state index is 11.1. The van der Waals surface area contributed by atoms with Crippen LogP contribution in [0.25, 0.3) is 0 Å². The summed E-state index contributed by atoms with van der Waals surface area (Å²) in [4.78, 5) is 11.1. The van der Waals surface area contributed by atoms with Crippen LogP contribution < -0.4 is 0 Å². The molecule has 1 nitrogen and oxygen atoms in total. The van der Waals surface area contributed by atoms with Gasteiger partial charge in [0.1, 0.15) is 0 Å². The predicted molar refractivity (Wildman–Crippen MR) is 54.8 cm³/mol. The molecule has 0 unspecified atom stereocenters. The first-order chi connectivity index (χ1) is 5.25. The van der Waals surface area contributed by atoms with Gasteiger partial charge in [-0.05, 0) is 41.9 Å². The molecule has 0 bridgehead atoms. The van der Waals surface area contributed by atoms with Gasteiger partial charge >= 0.3 is 0 Å². The number of unbranched alkanes of at least 4 members (excludes halogenated alkanes) is 1. The Morgan fingerprint density at radius 2 is 2.18 bits per heavy atom. The van der Waals surface area contributed by atoms with E-state index in [0.29, 0.717) is 5.78 Å². The lowest BCUT2D eigenvalue weighted by Gasteiger charge is -1.98. The molecule has 0 atom stereocenters. The lowest BCUT2D eigenvalue weighted by molar-refractivity contribution is -0.114. The Bertz CT molecular complexity index is 194. The van der Waals surface area contributed by atoms with E-state index in [9.17, 15) is 4.79 Å². The summed E-state index contributed by atoms with van der Waals surface area (Å²) in [6.07, 6.45) is 5.38. The summed E-state index contributed by atoms with van der Waals surface area (Å²) < 4.78 is 1.02. The average Bonchev–Trinajstić information content (AvgIpc) is 2.31. The SMILES string of the molecule is CCCCC1=C(I)C(=O)CC1. The van der Waals surface area contributed by atoms with Crippen molar-refractivity contribution in [3.63, 3.8) is 0 Å². The van der Waals surface area contributed by atoms with E-state index in [1.807, 2.05) is 0 Å². The minimum atomic E-state index is 0.358. The number of carbonyl (C=O) groups is 1. The normalized spacial score (nSPS) is 18.2. The highest BCUT2D eigenvalue weighted by molar-refractivity contribution is 14.1. The predicted octanol–water partition coefficient (Wildman–Crippen LogP) is 3.23. The Kier molecular flexibility index (Phi) is 3.55. The Morgan fingerprint density at radius 1 is 1.45 bits per heavy atom. The van der Waals surface area contributed by atoms with Crippen molar-refractivity contribution >= 4 is 28.4 Å². The van der Waals surface area contributed by atoms with Gasteiger partial charge in [0.25, 0.3) is 0 Å². The molecule has 11 heavy (non-hydrogen) atoms. The first-order valence-electron chi connectivity index (χ1n) is 4.16. The van der Waals surface area contributed by atoms with Crippen LogP contribution in [0.1, 0.15) is 39.0 Å². The fourth-order valence-electron chi connectivity index (χ4n) is 1.31. The van der Waals surface area contributed by atoms with Gasteiger partial charge in [-0.2, -0.15) is 0 Å². The number of Topliss-reactive ketones (excluding diaryl/α,β-unsaturated/α-hetero) is 1. The molecule has 1 rings (SSSR count). The summed E-state index contributed by atoms with van der Waals surface area (Å²) in [6.45, 7) is 2.18. The maximum Gasteiger partial charge on any atom is 0.169 e. The van der Waals surface area contributed by atoms with Gasteiger partial charge in [-0.25, -0.2) is 0 Å². The number of hydrogen-bond donors (Lipinski definition) is 0. The highest BCUT2D eigenvalue weighted by atomic mass is 127. The van der Waals surface area contributed by atoms with E-state index in [2.05, 4.69) is 29.5 Å². The Balaban J connectivity index is 2.50. The van der Waals surface area contributed by atoms with Crippen LogP contribution in [0, 0.1) is 0 Å². The first kappa shape index (κ1) is 9.23. The molecule has 2 heteroatoms. The average molecular weight is 264 g/mol. The fourth-order valence-corrected chi connectivity index (χ4v) is 2.12. The van der Waals surface area contributed by atoms with E-state index in [4.69, 9.17) is 0 Å². The second-order valence-electron chi connectivity index (χ2n) is 2.94. The third kappa shape index (κ3) is 2.29. The Hall–Kier alpha value is 0.140. The molecule has 0 aliphatic heterocycles. The van der Waals surface area contributed by atoms with Crippen molar-refractivity contribution < 1.29 is 4.79 Å². The van der Waals surface area contributed by atoms with E-state index in [1.54, 1.807) is 0 Å². The molecule has 0 saturated carbocycles. The minimum absolute atomic E-state index is 0.358. The lowest BCUT2D eigenvalue weighted by atomic mass is 10.1. The summed E-state index contributed by atoms with van der Waals surface area (Å²) >= 11 is 2.19.